The summed E-state index contributed by atoms with van der Waals surface area (Å²) in [6.07, 6.45) is 0. The molecule has 1 aromatic rings. The first kappa shape index (κ1) is 17.4. The Bertz CT molecular complexity index is 508. The van der Waals surface area contributed by atoms with Crippen LogP contribution in [0.4, 0.5) is 4.79 Å². The number of urea groups is 1. The van der Waals surface area contributed by atoms with Crippen LogP contribution in [0.1, 0.15) is 56.2 Å². The topological polar surface area (TPSA) is 91.3 Å². The molecule has 2 unspecified atom stereocenters. The first-order valence-electron chi connectivity index (χ1n) is 6.84. The predicted molar refractivity (Wildman–Crippen MR) is 82.6 cm³/mol. The summed E-state index contributed by atoms with van der Waals surface area (Å²) >= 11 is 1.22. The first-order chi connectivity index (χ1) is 9.61. The third-order valence-electron chi connectivity index (χ3n) is 3.51. The molecule has 1 rings (SSSR count). The van der Waals surface area contributed by atoms with Crippen LogP contribution in [0.3, 0.4) is 0 Å². The van der Waals surface area contributed by atoms with E-state index in [0.29, 0.717) is 17.5 Å². The van der Waals surface area contributed by atoms with Crippen molar-refractivity contribution in [1.82, 2.24) is 15.6 Å². The Labute approximate surface area is 129 Å². The molecular weight excluding hydrogens is 290 g/mol. The maximum Gasteiger partial charge on any atom is 0.355 e. The Hall–Kier alpha value is -1.63. The number of carboxylic acid groups (broad SMARTS) is 1. The van der Waals surface area contributed by atoms with Crippen LogP contribution in [0.5, 0.6) is 0 Å². The van der Waals surface area contributed by atoms with Gasteiger partial charge in [0.25, 0.3) is 0 Å². The molecule has 0 aliphatic rings. The monoisotopic (exact) mass is 313 g/mol. The number of rotatable bonds is 5. The van der Waals surface area contributed by atoms with Crippen LogP contribution in [-0.4, -0.2) is 28.6 Å². The summed E-state index contributed by atoms with van der Waals surface area (Å²) in [5, 5.41) is 16.5. The minimum absolute atomic E-state index is 0.00501. The molecule has 0 bridgehead atoms. The number of carbonyl (C=O) groups excluding carboxylic acids is 1. The maximum absolute atomic E-state index is 11.8. The van der Waals surface area contributed by atoms with Gasteiger partial charge in [-0.3, -0.25) is 0 Å². The van der Waals surface area contributed by atoms with Gasteiger partial charge in [-0.05, 0) is 18.3 Å². The Balaban J connectivity index is 2.48. The molecule has 3 N–H and O–H groups in total. The largest absolute Gasteiger partial charge is 0.476 e. The van der Waals surface area contributed by atoms with E-state index in [1.165, 1.54) is 16.7 Å². The summed E-state index contributed by atoms with van der Waals surface area (Å²) in [5.41, 5.74) is 0.135. The Morgan fingerprint density at radius 1 is 1.38 bits per heavy atom. The van der Waals surface area contributed by atoms with E-state index in [1.807, 2.05) is 0 Å². The Morgan fingerprint density at radius 3 is 2.48 bits per heavy atom. The van der Waals surface area contributed by atoms with Crippen molar-refractivity contribution >= 4 is 23.3 Å². The van der Waals surface area contributed by atoms with Gasteiger partial charge >= 0.3 is 12.0 Å². The number of amides is 2. The van der Waals surface area contributed by atoms with Crippen LogP contribution in [0.25, 0.3) is 0 Å². The van der Waals surface area contributed by atoms with Crippen molar-refractivity contribution < 1.29 is 14.7 Å². The van der Waals surface area contributed by atoms with Crippen molar-refractivity contribution in [3.05, 3.63) is 16.1 Å². The lowest BCUT2D eigenvalue weighted by Gasteiger charge is -2.27. The van der Waals surface area contributed by atoms with Gasteiger partial charge in [-0.25, -0.2) is 14.6 Å². The second kappa shape index (κ2) is 6.89. The zero-order valence-corrected chi connectivity index (χ0v) is 13.9. The SMILES string of the molecule is CC(NC(=O)NCC(C)C(C)(C)C)c1nc(C(=O)O)cs1. The van der Waals surface area contributed by atoms with E-state index in [9.17, 15) is 9.59 Å². The van der Waals surface area contributed by atoms with Crippen molar-refractivity contribution in [2.75, 3.05) is 6.54 Å². The third-order valence-corrected chi connectivity index (χ3v) is 4.53. The van der Waals surface area contributed by atoms with Crippen LogP contribution in [0.2, 0.25) is 0 Å². The molecule has 0 radical (unpaired) electrons. The molecule has 6 nitrogen and oxygen atoms in total. The molecule has 0 saturated heterocycles. The molecule has 0 aliphatic heterocycles. The van der Waals surface area contributed by atoms with Gasteiger partial charge in [-0.2, -0.15) is 0 Å². The number of thiazole rings is 1. The fourth-order valence-electron chi connectivity index (χ4n) is 1.45. The van der Waals surface area contributed by atoms with Gasteiger partial charge in [0.2, 0.25) is 0 Å². The highest BCUT2D eigenvalue weighted by molar-refractivity contribution is 7.09. The highest BCUT2D eigenvalue weighted by atomic mass is 32.1. The lowest BCUT2D eigenvalue weighted by atomic mass is 9.82. The normalized spacial score (nSPS) is 14.3. The number of nitrogens with zero attached hydrogens (tertiary/aromatic N) is 1. The molecule has 2 atom stereocenters. The summed E-state index contributed by atoms with van der Waals surface area (Å²) in [6, 6.07) is -0.598. The molecule has 118 valence electrons. The number of carboxylic acids is 1. The first-order valence-corrected chi connectivity index (χ1v) is 7.72. The van der Waals surface area contributed by atoms with Crippen molar-refractivity contribution in [3.63, 3.8) is 0 Å². The van der Waals surface area contributed by atoms with Crippen LogP contribution in [0, 0.1) is 11.3 Å². The molecule has 21 heavy (non-hydrogen) atoms. The number of hydrogen-bond acceptors (Lipinski definition) is 4. The van der Waals surface area contributed by atoms with Gasteiger partial charge in [0.1, 0.15) is 5.01 Å². The zero-order chi connectivity index (χ0) is 16.2. The van der Waals surface area contributed by atoms with Crippen LogP contribution < -0.4 is 10.6 Å². The van der Waals surface area contributed by atoms with E-state index in [1.54, 1.807) is 6.92 Å². The number of carbonyl (C=O) groups is 2. The van der Waals surface area contributed by atoms with E-state index in [4.69, 9.17) is 5.11 Å². The quantitative estimate of drug-likeness (QED) is 0.779. The smallest absolute Gasteiger partial charge is 0.355 e. The second-order valence-electron chi connectivity index (χ2n) is 6.22. The number of nitrogens with one attached hydrogen (secondary N) is 2. The fraction of sp³-hybridized carbons (Fsp3) is 0.643. The number of aromatic nitrogens is 1. The maximum atomic E-state index is 11.8. The van der Waals surface area contributed by atoms with Crippen LogP contribution >= 0.6 is 11.3 Å². The molecule has 1 heterocycles. The Morgan fingerprint density at radius 2 is 2.00 bits per heavy atom. The highest BCUT2D eigenvalue weighted by Gasteiger charge is 2.21. The third kappa shape index (κ3) is 5.34. The summed E-state index contributed by atoms with van der Waals surface area (Å²) in [4.78, 5) is 26.6. The number of aromatic carboxylic acids is 1. The molecule has 0 aliphatic carbocycles. The molecule has 1 aromatic heterocycles. The highest BCUT2D eigenvalue weighted by Crippen LogP contribution is 2.24. The van der Waals surface area contributed by atoms with Gasteiger partial charge in [-0.1, -0.05) is 27.7 Å². The van der Waals surface area contributed by atoms with Crippen LogP contribution in [0.15, 0.2) is 5.38 Å². The van der Waals surface area contributed by atoms with E-state index in [0.717, 1.165) is 0 Å². The zero-order valence-electron chi connectivity index (χ0n) is 13.1. The molecule has 0 aromatic carbocycles. The molecule has 0 fully saturated rings. The van der Waals surface area contributed by atoms with Gasteiger partial charge in [0.05, 0.1) is 6.04 Å². The van der Waals surface area contributed by atoms with Crippen molar-refractivity contribution in [2.45, 2.75) is 40.7 Å². The van der Waals surface area contributed by atoms with Gasteiger partial charge in [-0.15, -0.1) is 11.3 Å². The average Bonchev–Trinajstić information content (AvgIpc) is 2.84. The van der Waals surface area contributed by atoms with Crippen molar-refractivity contribution in [1.29, 1.82) is 0 Å². The lowest BCUT2D eigenvalue weighted by Crippen LogP contribution is -2.41. The summed E-state index contributed by atoms with van der Waals surface area (Å²) in [5.74, 6) is -0.717. The van der Waals surface area contributed by atoms with Gasteiger partial charge in [0, 0.05) is 11.9 Å². The summed E-state index contributed by atoms with van der Waals surface area (Å²) in [7, 11) is 0. The lowest BCUT2D eigenvalue weighted by molar-refractivity contribution is 0.0691. The standard InChI is InChI=1S/C14H23N3O3S/c1-8(14(3,4)5)6-15-13(20)16-9(2)11-17-10(7-21-11)12(18)19/h7-9H,6H2,1-5H3,(H,18,19)(H2,15,16,20). The van der Waals surface area contributed by atoms with E-state index in [2.05, 4.69) is 43.3 Å². The van der Waals surface area contributed by atoms with E-state index in [-0.39, 0.29) is 23.2 Å². The summed E-state index contributed by atoms with van der Waals surface area (Å²) in [6.45, 7) is 10.8. The van der Waals surface area contributed by atoms with Crippen molar-refractivity contribution in [2.24, 2.45) is 11.3 Å². The molecule has 7 heteroatoms. The van der Waals surface area contributed by atoms with E-state index >= 15 is 0 Å². The molecule has 0 spiro atoms. The van der Waals surface area contributed by atoms with Crippen molar-refractivity contribution in [3.8, 4) is 0 Å². The number of hydrogen-bond donors (Lipinski definition) is 3. The Kier molecular flexibility index (Phi) is 5.71. The minimum Gasteiger partial charge on any atom is -0.476 e. The van der Waals surface area contributed by atoms with E-state index < -0.39 is 5.97 Å². The molecule has 0 saturated carbocycles. The molecule has 2 amide bonds. The molecular formula is C14H23N3O3S. The minimum atomic E-state index is -1.06. The fourth-order valence-corrected chi connectivity index (χ4v) is 2.25. The summed E-state index contributed by atoms with van der Waals surface area (Å²) < 4.78 is 0. The average molecular weight is 313 g/mol. The van der Waals surface area contributed by atoms with Gasteiger partial charge < -0.3 is 15.7 Å². The van der Waals surface area contributed by atoms with Crippen LogP contribution in [-0.2, 0) is 0 Å². The van der Waals surface area contributed by atoms with Gasteiger partial charge in [0.15, 0.2) is 5.69 Å². The second-order valence-corrected chi connectivity index (χ2v) is 7.11. The predicted octanol–water partition coefficient (Wildman–Crippen LogP) is 2.88.